The minimum Gasteiger partial charge on any atom is -0.389 e. The van der Waals surface area contributed by atoms with Crippen LogP contribution in [-0.4, -0.2) is 36.1 Å². The summed E-state index contributed by atoms with van der Waals surface area (Å²) < 4.78 is 0. The molecule has 0 spiro atoms. The number of nitrogens with zero attached hydrogens (tertiary/aromatic N) is 1. The molecule has 0 aromatic heterocycles. The van der Waals surface area contributed by atoms with Crippen molar-refractivity contribution in [1.29, 1.82) is 0 Å². The van der Waals surface area contributed by atoms with Gasteiger partial charge in [0.05, 0.1) is 0 Å². The summed E-state index contributed by atoms with van der Waals surface area (Å²) in [4.78, 5) is 2.99. The van der Waals surface area contributed by atoms with Gasteiger partial charge in [-0.15, -0.1) is 0 Å². The van der Waals surface area contributed by atoms with Crippen LogP contribution in [-0.2, 0) is 0 Å². The largest absolute Gasteiger partial charge is 0.389 e. The van der Waals surface area contributed by atoms with E-state index in [2.05, 4.69) is 10.2 Å². The molecule has 18 heavy (non-hydrogen) atoms. The highest BCUT2D eigenvalue weighted by molar-refractivity contribution is 7.80. The molecular formula is C14H21N3S. The molecule has 0 amide bonds. The van der Waals surface area contributed by atoms with Crippen LogP contribution in [0.5, 0.6) is 0 Å². The molecule has 3 nitrogen and oxygen atoms in total. The minimum absolute atomic E-state index is 0.454. The monoisotopic (exact) mass is 263 g/mol. The lowest BCUT2D eigenvalue weighted by molar-refractivity contribution is 0.337. The second-order valence-electron chi connectivity index (χ2n) is 4.77. The molecule has 1 aliphatic rings. The normalized spacial score (nSPS) is 15.8. The number of hydrogen-bond donors (Lipinski definition) is 2. The summed E-state index contributed by atoms with van der Waals surface area (Å²) in [6.45, 7) is 4.78. The first-order chi connectivity index (χ1) is 8.75. The van der Waals surface area contributed by atoms with E-state index in [-0.39, 0.29) is 0 Å². The van der Waals surface area contributed by atoms with E-state index < -0.39 is 0 Å². The van der Waals surface area contributed by atoms with Crippen LogP contribution >= 0.6 is 12.2 Å². The Morgan fingerprint density at radius 2 is 1.89 bits per heavy atom. The maximum absolute atomic E-state index is 5.56. The number of anilines is 1. The fraction of sp³-hybridized carbons (Fsp3) is 0.500. The van der Waals surface area contributed by atoms with E-state index in [0.29, 0.717) is 4.99 Å². The Labute approximate surface area is 114 Å². The molecule has 98 valence electrons. The first-order valence-electron chi connectivity index (χ1n) is 6.62. The van der Waals surface area contributed by atoms with Gasteiger partial charge in [-0.05, 0) is 63.2 Å². The lowest BCUT2D eigenvalue weighted by Gasteiger charge is -2.14. The van der Waals surface area contributed by atoms with E-state index >= 15 is 0 Å². The summed E-state index contributed by atoms with van der Waals surface area (Å²) in [6.07, 6.45) is 3.93. The van der Waals surface area contributed by atoms with Crippen molar-refractivity contribution < 1.29 is 0 Å². The third-order valence-corrected chi connectivity index (χ3v) is 3.58. The zero-order valence-corrected chi connectivity index (χ0v) is 11.5. The third-order valence-electron chi connectivity index (χ3n) is 3.35. The summed E-state index contributed by atoms with van der Waals surface area (Å²) in [7, 11) is 0. The van der Waals surface area contributed by atoms with Gasteiger partial charge in [0.1, 0.15) is 4.99 Å². The highest BCUT2D eigenvalue weighted by Gasteiger charge is 2.09. The number of hydrogen-bond acceptors (Lipinski definition) is 3. The predicted octanol–water partition coefficient (Wildman–Crippen LogP) is 2.22. The van der Waals surface area contributed by atoms with E-state index in [0.717, 1.165) is 17.8 Å². The Morgan fingerprint density at radius 1 is 1.22 bits per heavy atom. The quantitative estimate of drug-likeness (QED) is 0.610. The summed E-state index contributed by atoms with van der Waals surface area (Å²) in [6, 6.07) is 7.99. The molecule has 0 atom stereocenters. The van der Waals surface area contributed by atoms with Crippen LogP contribution in [0.2, 0.25) is 0 Å². The van der Waals surface area contributed by atoms with E-state index in [1.165, 1.54) is 38.9 Å². The Kier molecular flexibility index (Phi) is 4.96. The van der Waals surface area contributed by atoms with Crippen LogP contribution in [0.25, 0.3) is 0 Å². The summed E-state index contributed by atoms with van der Waals surface area (Å²) in [5.74, 6) is 0. The van der Waals surface area contributed by atoms with Gasteiger partial charge in [0.2, 0.25) is 0 Å². The Hall–Kier alpha value is -1.13. The smallest absolute Gasteiger partial charge is 0.103 e. The van der Waals surface area contributed by atoms with Gasteiger partial charge in [-0.3, -0.25) is 0 Å². The van der Waals surface area contributed by atoms with Crippen LogP contribution < -0.4 is 11.1 Å². The van der Waals surface area contributed by atoms with Gasteiger partial charge in [0, 0.05) is 17.8 Å². The van der Waals surface area contributed by atoms with Crippen LogP contribution in [0.3, 0.4) is 0 Å². The standard InChI is InChI=1S/C14H21N3S/c15-14(18)12-4-6-13(7-5-12)16-8-3-11-17-9-1-2-10-17/h4-7,16H,1-3,8-11H2,(H2,15,18). The molecule has 0 saturated carbocycles. The van der Waals surface area contributed by atoms with Crippen molar-refractivity contribution in [3.05, 3.63) is 29.8 Å². The number of rotatable bonds is 6. The van der Waals surface area contributed by atoms with Gasteiger partial charge in [-0.1, -0.05) is 12.2 Å². The SMILES string of the molecule is NC(=S)c1ccc(NCCCN2CCCC2)cc1. The molecule has 0 bridgehead atoms. The first-order valence-corrected chi connectivity index (χ1v) is 7.02. The maximum atomic E-state index is 5.56. The molecule has 0 aliphatic carbocycles. The van der Waals surface area contributed by atoms with Gasteiger partial charge < -0.3 is 16.0 Å². The van der Waals surface area contributed by atoms with E-state index in [9.17, 15) is 0 Å². The molecule has 3 N–H and O–H groups in total. The van der Waals surface area contributed by atoms with Gasteiger partial charge in [0.25, 0.3) is 0 Å². The molecule has 1 heterocycles. The van der Waals surface area contributed by atoms with Gasteiger partial charge >= 0.3 is 0 Å². The number of likely N-dealkylation sites (tertiary alicyclic amines) is 1. The van der Waals surface area contributed by atoms with Crippen LogP contribution in [0.1, 0.15) is 24.8 Å². The molecule has 1 aromatic rings. The topological polar surface area (TPSA) is 41.3 Å². The Morgan fingerprint density at radius 3 is 2.50 bits per heavy atom. The van der Waals surface area contributed by atoms with Crippen LogP contribution in [0.4, 0.5) is 5.69 Å². The second-order valence-corrected chi connectivity index (χ2v) is 5.21. The lowest BCUT2D eigenvalue weighted by atomic mass is 10.2. The van der Waals surface area contributed by atoms with Crippen molar-refractivity contribution in [1.82, 2.24) is 4.90 Å². The molecule has 1 saturated heterocycles. The van der Waals surface area contributed by atoms with Gasteiger partial charge in [0.15, 0.2) is 0 Å². The first kappa shape index (κ1) is 13.3. The molecule has 1 aliphatic heterocycles. The molecule has 1 fully saturated rings. The number of nitrogens with two attached hydrogens (primary N) is 1. The zero-order valence-electron chi connectivity index (χ0n) is 10.7. The Balaban J connectivity index is 1.68. The average molecular weight is 263 g/mol. The molecule has 2 rings (SSSR count). The summed E-state index contributed by atoms with van der Waals surface area (Å²) in [5.41, 5.74) is 7.62. The van der Waals surface area contributed by atoms with Crippen molar-refractivity contribution in [2.24, 2.45) is 5.73 Å². The van der Waals surface area contributed by atoms with Crippen molar-refractivity contribution >= 4 is 22.9 Å². The van der Waals surface area contributed by atoms with Crippen molar-refractivity contribution in [2.75, 3.05) is 31.5 Å². The molecule has 0 unspecified atom stereocenters. The van der Waals surface area contributed by atoms with Gasteiger partial charge in [-0.25, -0.2) is 0 Å². The number of nitrogens with one attached hydrogen (secondary N) is 1. The van der Waals surface area contributed by atoms with Crippen molar-refractivity contribution in [2.45, 2.75) is 19.3 Å². The average Bonchev–Trinajstić information content (AvgIpc) is 2.88. The van der Waals surface area contributed by atoms with E-state index in [4.69, 9.17) is 18.0 Å². The summed E-state index contributed by atoms with van der Waals surface area (Å²) >= 11 is 4.92. The Bertz CT molecular complexity index is 383. The van der Waals surface area contributed by atoms with Gasteiger partial charge in [-0.2, -0.15) is 0 Å². The zero-order chi connectivity index (χ0) is 12.8. The van der Waals surface area contributed by atoms with Crippen LogP contribution in [0, 0.1) is 0 Å². The second kappa shape index (κ2) is 6.71. The third kappa shape index (κ3) is 3.96. The fourth-order valence-corrected chi connectivity index (χ4v) is 2.43. The van der Waals surface area contributed by atoms with E-state index in [1.807, 2.05) is 24.3 Å². The van der Waals surface area contributed by atoms with E-state index in [1.54, 1.807) is 0 Å². The fourth-order valence-electron chi connectivity index (χ4n) is 2.29. The molecule has 1 aromatic carbocycles. The molecule has 4 heteroatoms. The highest BCUT2D eigenvalue weighted by atomic mass is 32.1. The predicted molar refractivity (Wildman–Crippen MR) is 81.1 cm³/mol. The van der Waals surface area contributed by atoms with Crippen molar-refractivity contribution in [3.8, 4) is 0 Å². The number of benzene rings is 1. The maximum Gasteiger partial charge on any atom is 0.103 e. The minimum atomic E-state index is 0.454. The van der Waals surface area contributed by atoms with Crippen LogP contribution in [0.15, 0.2) is 24.3 Å². The van der Waals surface area contributed by atoms with Crippen molar-refractivity contribution in [3.63, 3.8) is 0 Å². The lowest BCUT2D eigenvalue weighted by Crippen LogP contribution is -2.22. The highest BCUT2D eigenvalue weighted by Crippen LogP contribution is 2.10. The molecular weight excluding hydrogens is 242 g/mol. The number of thiocarbonyl (C=S) groups is 1. The summed E-state index contributed by atoms with van der Waals surface area (Å²) in [5, 5.41) is 3.42. The molecule has 0 radical (unpaired) electrons.